The summed E-state index contributed by atoms with van der Waals surface area (Å²) >= 11 is 0. The molecule has 1 aromatic rings. The lowest BCUT2D eigenvalue weighted by molar-refractivity contribution is -0.127. The van der Waals surface area contributed by atoms with Crippen LogP contribution >= 0.6 is 24.0 Å². The Hall–Kier alpha value is -1.51. The zero-order valence-corrected chi connectivity index (χ0v) is 18.9. The van der Waals surface area contributed by atoms with Crippen molar-refractivity contribution in [2.75, 3.05) is 33.8 Å². The number of ether oxygens (including phenoxy) is 1. The van der Waals surface area contributed by atoms with E-state index in [9.17, 15) is 4.79 Å². The highest BCUT2D eigenvalue weighted by molar-refractivity contribution is 14.0. The van der Waals surface area contributed by atoms with Gasteiger partial charge in [-0.15, -0.1) is 24.0 Å². The smallest absolute Gasteiger partial charge is 0.241 e. The first-order chi connectivity index (χ1) is 11.9. The third-order valence-electron chi connectivity index (χ3n) is 3.58. The molecule has 0 fully saturated rings. The van der Waals surface area contributed by atoms with E-state index in [-0.39, 0.29) is 36.4 Å². The van der Waals surface area contributed by atoms with E-state index in [0.29, 0.717) is 25.0 Å². The van der Waals surface area contributed by atoms with Crippen LogP contribution in [-0.4, -0.2) is 50.6 Å². The zero-order chi connectivity index (χ0) is 18.7. The lowest BCUT2D eigenvalue weighted by Crippen LogP contribution is -2.42. The molecule has 148 valence electrons. The van der Waals surface area contributed by atoms with Crippen molar-refractivity contribution in [3.63, 3.8) is 0 Å². The third kappa shape index (κ3) is 9.84. The first-order valence-electron chi connectivity index (χ1n) is 8.87. The molecule has 2 N–H and O–H groups in total. The van der Waals surface area contributed by atoms with Crippen LogP contribution in [0.3, 0.4) is 0 Å². The summed E-state index contributed by atoms with van der Waals surface area (Å²) in [6.45, 7) is 8.50. The van der Waals surface area contributed by atoms with E-state index in [2.05, 4.69) is 29.5 Å². The molecule has 0 bridgehead atoms. The van der Waals surface area contributed by atoms with Crippen LogP contribution in [0.5, 0.6) is 5.75 Å². The number of halogens is 1. The van der Waals surface area contributed by atoms with Gasteiger partial charge >= 0.3 is 0 Å². The molecule has 7 heteroatoms. The summed E-state index contributed by atoms with van der Waals surface area (Å²) in [7, 11) is 3.47. The number of hydrogen-bond acceptors (Lipinski definition) is 3. The zero-order valence-electron chi connectivity index (χ0n) is 16.5. The van der Waals surface area contributed by atoms with Crippen LogP contribution in [0.4, 0.5) is 0 Å². The summed E-state index contributed by atoms with van der Waals surface area (Å²) in [4.78, 5) is 17.8. The minimum atomic E-state index is 0. The Bertz CT molecular complexity index is 562. The Labute approximate surface area is 174 Å². The summed E-state index contributed by atoms with van der Waals surface area (Å²) in [6, 6.07) is 7.94. The number of para-hydroxylation sites is 1. The molecule has 0 atom stereocenters. The molecule has 26 heavy (non-hydrogen) atoms. The topological polar surface area (TPSA) is 66.0 Å². The van der Waals surface area contributed by atoms with Crippen LogP contribution < -0.4 is 15.4 Å². The number of aliphatic imine (C=N–C) groups is 1. The maximum Gasteiger partial charge on any atom is 0.241 e. The Kier molecular flexibility index (Phi) is 12.9. The lowest BCUT2D eigenvalue weighted by Gasteiger charge is -2.15. The number of rotatable bonds is 9. The van der Waals surface area contributed by atoms with Gasteiger partial charge in [0.2, 0.25) is 5.91 Å². The highest BCUT2D eigenvalue weighted by Gasteiger charge is 2.07. The first kappa shape index (κ1) is 24.5. The standard InChI is InChI=1S/C19H32N4O2.HI/c1-6-20-19(22-14-18(24)23(4)5)21-13-16-9-7-8-10-17(16)25-12-11-15(2)3;/h7-10,15H,6,11-14H2,1-5H3,(H2,20,21,22);1H. The van der Waals surface area contributed by atoms with E-state index in [1.807, 2.05) is 31.2 Å². The van der Waals surface area contributed by atoms with Crippen LogP contribution in [0.15, 0.2) is 29.3 Å². The number of guanidine groups is 1. The van der Waals surface area contributed by atoms with E-state index < -0.39 is 0 Å². The minimum absolute atomic E-state index is 0. The molecule has 1 rings (SSSR count). The number of amides is 1. The van der Waals surface area contributed by atoms with Crippen LogP contribution in [0, 0.1) is 5.92 Å². The molecule has 1 amide bonds. The molecule has 0 aliphatic carbocycles. The fourth-order valence-corrected chi connectivity index (χ4v) is 2.00. The monoisotopic (exact) mass is 476 g/mol. The van der Waals surface area contributed by atoms with E-state index in [4.69, 9.17) is 4.74 Å². The second-order valence-corrected chi connectivity index (χ2v) is 6.48. The van der Waals surface area contributed by atoms with Gasteiger partial charge in [-0.05, 0) is 25.3 Å². The molecule has 0 spiro atoms. The molecule has 0 saturated heterocycles. The van der Waals surface area contributed by atoms with E-state index in [1.54, 1.807) is 19.0 Å². The maximum absolute atomic E-state index is 11.7. The molecule has 0 aromatic heterocycles. The van der Waals surface area contributed by atoms with Crippen molar-refractivity contribution >= 4 is 35.8 Å². The number of carbonyl (C=O) groups is 1. The summed E-state index contributed by atoms with van der Waals surface area (Å²) in [6.07, 6.45) is 1.02. The van der Waals surface area contributed by atoms with Crippen molar-refractivity contribution in [2.24, 2.45) is 10.9 Å². The van der Waals surface area contributed by atoms with Gasteiger partial charge in [0.15, 0.2) is 5.96 Å². The van der Waals surface area contributed by atoms with Crippen molar-refractivity contribution < 1.29 is 9.53 Å². The number of hydrogen-bond donors (Lipinski definition) is 2. The fourth-order valence-electron chi connectivity index (χ4n) is 2.00. The summed E-state index contributed by atoms with van der Waals surface area (Å²) in [5.74, 6) is 2.11. The van der Waals surface area contributed by atoms with E-state index >= 15 is 0 Å². The predicted octanol–water partition coefficient (Wildman–Crippen LogP) is 2.87. The Balaban J connectivity index is 0.00000625. The number of nitrogens with one attached hydrogen (secondary N) is 2. The third-order valence-corrected chi connectivity index (χ3v) is 3.58. The van der Waals surface area contributed by atoms with Gasteiger partial charge in [0.25, 0.3) is 0 Å². The Morgan fingerprint density at radius 3 is 2.54 bits per heavy atom. The van der Waals surface area contributed by atoms with Gasteiger partial charge in [0.1, 0.15) is 5.75 Å². The van der Waals surface area contributed by atoms with Gasteiger partial charge in [0, 0.05) is 26.2 Å². The predicted molar refractivity (Wildman–Crippen MR) is 118 cm³/mol. The molecule has 0 radical (unpaired) electrons. The number of carbonyl (C=O) groups excluding carboxylic acids is 1. The Morgan fingerprint density at radius 1 is 1.23 bits per heavy atom. The second-order valence-electron chi connectivity index (χ2n) is 6.48. The highest BCUT2D eigenvalue weighted by atomic mass is 127. The van der Waals surface area contributed by atoms with Crippen molar-refractivity contribution in [2.45, 2.75) is 33.7 Å². The highest BCUT2D eigenvalue weighted by Crippen LogP contribution is 2.19. The summed E-state index contributed by atoms with van der Waals surface area (Å²) < 4.78 is 5.90. The maximum atomic E-state index is 11.7. The van der Waals surface area contributed by atoms with Gasteiger partial charge in [0.05, 0.1) is 19.7 Å². The van der Waals surface area contributed by atoms with Crippen molar-refractivity contribution in [1.29, 1.82) is 0 Å². The van der Waals surface area contributed by atoms with Crippen molar-refractivity contribution in [3.8, 4) is 5.75 Å². The molecule has 6 nitrogen and oxygen atoms in total. The SMILES string of the molecule is CCNC(=NCc1ccccc1OCCC(C)C)NCC(=O)N(C)C.I. The average Bonchev–Trinajstić information content (AvgIpc) is 2.57. The van der Waals surface area contributed by atoms with Crippen LogP contribution in [0.1, 0.15) is 32.8 Å². The van der Waals surface area contributed by atoms with Gasteiger partial charge < -0.3 is 20.3 Å². The van der Waals surface area contributed by atoms with E-state index in [1.165, 1.54) is 0 Å². The van der Waals surface area contributed by atoms with Gasteiger partial charge in [-0.25, -0.2) is 4.99 Å². The lowest BCUT2D eigenvalue weighted by atomic mass is 10.1. The minimum Gasteiger partial charge on any atom is -0.493 e. The second kappa shape index (κ2) is 13.7. The molecule has 0 unspecified atom stereocenters. The van der Waals surface area contributed by atoms with Crippen molar-refractivity contribution in [1.82, 2.24) is 15.5 Å². The van der Waals surface area contributed by atoms with Crippen LogP contribution in [-0.2, 0) is 11.3 Å². The molecule has 0 aliphatic rings. The normalized spacial score (nSPS) is 10.9. The van der Waals surface area contributed by atoms with Crippen LogP contribution in [0.2, 0.25) is 0 Å². The van der Waals surface area contributed by atoms with Gasteiger partial charge in [-0.1, -0.05) is 32.0 Å². The number of likely N-dealkylation sites (N-methyl/N-ethyl adjacent to an activating group) is 1. The molecule has 0 heterocycles. The summed E-state index contributed by atoms with van der Waals surface area (Å²) in [5.41, 5.74) is 1.03. The largest absolute Gasteiger partial charge is 0.493 e. The van der Waals surface area contributed by atoms with Crippen LogP contribution in [0.25, 0.3) is 0 Å². The quantitative estimate of drug-likeness (QED) is 0.327. The molecule has 0 saturated carbocycles. The number of nitrogens with zero attached hydrogens (tertiary/aromatic N) is 2. The average molecular weight is 476 g/mol. The van der Waals surface area contributed by atoms with E-state index in [0.717, 1.165) is 24.3 Å². The Morgan fingerprint density at radius 2 is 1.92 bits per heavy atom. The van der Waals surface area contributed by atoms with Gasteiger partial charge in [-0.3, -0.25) is 4.79 Å². The summed E-state index contributed by atoms with van der Waals surface area (Å²) in [5, 5.41) is 6.21. The molecular weight excluding hydrogens is 443 g/mol. The molecule has 0 aliphatic heterocycles. The fraction of sp³-hybridized carbons (Fsp3) is 0.579. The molecular formula is C19H33IN4O2. The van der Waals surface area contributed by atoms with Crippen molar-refractivity contribution in [3.05, 3.63) is 29.8 Å². The number of benzene rings is 1. The van der Waals surface area contributed by atoms with Gasteiger partial charge in [-0.2, -0.15) is 0 Å². The molecule has 1 aromatic carbocycles. The first-order valence-corrected chi connectivity index (χ1v) is 8.87.